The van der Waals surface area contributed by atoms with Crippen molar-refractivity contribution in [3.8, 4) is 0 Å². The van der Waals surface area contributed by atoms with Gasteiger partial charge in [0.2, 0.25) is 0 Å². The van der Waals surface area contributed by atoms with Crippen molar-refractivity contribution in [2.24, 2.45) is 0 Å². The van der Waals surface area contributed by atoms with Crippen LogP contribution in [0.25, 0.3) is 5.76 Å². The molecule has 28 heavy (non-hydrogen) atoms. The van der Waals surface area contributed by atoms with Crippen LogP contribution in [0, 0.1) is 13.8 Å². The molecule has 4 rings (SSSR count). The van der Waals surface area contributed by atoms with E-state index in [0.29, 0.717) is 16.9 Å². The van der Waals surface area contributed by atoms with Crippen LogP contribution in [0.15, 0.2) is 65.0 Å². The van der Waals surface area contributed by atoms with Gasteiger partial charge in [-0.3, -0.25) is 19.5 Å². The van der Waals surface area contributed by atoms with Crippen molar-refractivity contribution in [1.82, 2.24) is 10.1 Å². The fraction of sp³-hybridized carbons (Fsp3) is 0.143. The zero-order valence-electron chi connectivity index (χ0n) is 15.3. The number of rotatable bonds is 3. The Bertz CT molecular complexity index is 1080. The van der Waals surface area contributed by atoms with Crippen LogP contribution in [0.2, 0.25) is 0 Å². The molecule has 1 fully saturated rings. The van der Waals surface area contributed by atoms with E-state index < -0.39 is 17.7 Å². The Kier molecular flexibility index (Phi) is 4.27. The summed E-state index contributed by atoms with van der Waals surface area (Å²) in [5.41, 5.74) is 2.03. The topological polar surface area (TPSA) is 96.5 Å². The second kappa shape index (κ2) is 6.77. The summed E-state index contributed by atoms with van der Waals surface area (Å²) >= 11 is 0. The normalized spacial score (nSPS) is 18.6. The number of benzene rings is 1. The predicted octanol–water partition coefficient (Wildman–Crippen LogP) is 3.31. The standard InChI is InChI=1S/C21H17N3O4/c1-12-5-7-14(8-6-12)19(25)17-18(15-4-3-9-22-11-15)24(21(27)20(17)26)16-10-13(2)28-23-16/h3-11,18,25H,1-2H3/b19-17-. The molecule has 3 aromatic rings. The number of aliphatic hydroxyl groups is 1. The molecule has 0 bridgehead atoms. The van der Waals surface area contributed by atoms with Gasteiger partial charge in [-0.05, 0) is 25.5 Å². The molecule has 1 saturated heterocycles. The quantitative estimate of drug-likeness (QED) is 0.429. The van der Waals surface area contributed by atoms with Crippen molar-refractivity contribution in [2.45, 2.75) is 19.9 Å². The van der Waals surface area contributed by atoms with Crippen molar-refractivity contribution in [3.63, 3.8) is 0 Å². The number of carbonyl (C=O) groups is 2. The minimum absolute atomic E-state index is 0.0116. The monoisotopic (exact) mass is 375 g/mol. The number of amides is 1. The SMILES string of the molecule is Cc1ccc(/C(O)=C2/C(=O)C(=O)N(c3cc(C)on3)C2c2cccnc2)cc1. The average molecular weight is 375 g/mol. The van der Waals surface area contributed by atoms with Crippen LogP contribution >= 0.6 is 0 Å². The van der Waals surface area contributed by atoms with Gasteiger partial charge in [0, 0.05) is 24.0 Å². The van der Waals surface area contributed by atoms with Gasteiger partial charge in [0.25, 0.3) is 5.78 Å². The van der Waals surface area contributed by atoms with Gasteiger partial charge in [-0.2, -0.15) is 0 Å². The van der Waals surface area contributed by atoms with Gasteiger partial charge in [0.15, 0.2) is 5.82 Å². The van der Waals surface area contributed by atoms with Crippen molar-refractivity contribution in [2.75, 3.05) is 4.90 Å². The minimum Gasteiger partial charge on any atom is -0.507 e. The van der Waals surface area contributed by atoms with Gasteiger partial charge in [0.05, 0.1) is 11.6 Å². The minimum atomic E-state index is -0.862. The van der Waals surface area contributed by atoms with Gasteiger partial charge in [0.1, 0.15) is 11.5 Å². The second-order valence-electron chi connectivity index (χ2n) is 6.62. The van der Waals surface area contributed by atoms with E-state index in [9.17, 15) is 14.7 Å². The number of aromatic nitrogens is 2. The van der Waals surface area contributed by atoms with E-state index in [0.717, 1.165) is 5.56 Å². The molecule has 0 radical (unpaired) electrons. The van der Waals surface area contributed by atoms with E-state index in [2.05, 4.69) is 10.1 Å². The molecule has 3 heterocycles. The van der Waals surface area contributed by atoms with E-state index in [1.807, 2.05) is 19.1 Å². The lowest BCUT2D eigenvalue weighted by Crippen LogP contribution is -2.29. The first-order chi connectivity index (χ1) is 13.5. The highest BCUT2D eigenvalue weighted by molar-refractivity contribution is 6.51. The summed E-state index contributed by atoms with van der Waals surface area (Å²) < 4.78 is 5.09. The molecular weight excluding hydrogens is 358 g/mol. The van der Waals surface area contributed by atoms with E-state index in [4.69, 9.17) is 4.52 Å². The van der Waals surface area contributed by atoms with Gasteiger partial charge >= 0.3 is 5.91 Å². The molecule has 0 aliphatic carbocycles. The van der Waals surface area contributed by atoms with Crippen LogP contribution in [0.5, 0.6) is 0 Å². The molecule has 7 nitrogen and oxygen atoms in total. The summed E-state index contributed by atoms with van der Waals surface area (Å²) in [6, 6.07) is 11.2. The number of Topliss-reactive ketones (excluding diaryl/α,β-unsaturated/α-hetero) is 1. The summed E-state index contributed by atoms with van der Waals surface area (Å²) in [4.78, 5) is 31.0. The van der Waals surface area contributed by atoms with E-state index in [1.165, 1.54) is 4.90 Å². The maximum atomic E-state index is 12.9. The highest BCUT2D eigenvalue weighted by Crippen LogP contribution is 2.41. The molecule has 1 aromatic carbocycles. The van der Waals surface area contributed by atoms with Crippen molar-refractivity contribution in [1.29, 1.82) is 0 Å². The summed E-state index contributed by atoms with van der Waals surface area (Å²) in [5, 5.41) is 14.8. The molecule has 1 atom stereocenters. The summed E-state index contributed by atoms with van der Waals surface area (Å²) in [5.74, 6) is -1.10. The Morgan fingerprint density at radius 2 is 1.89 bits per heavy atom. The third kappa shape index (κ3) is 2.87. The Morgan fingerprint density at radius 1 is 1.14 bits per heavy atom. The molecule has 1 amide bonds. The Morgan fingerprint density at radius 3 is 2.50 bits per heavy atom. The molecule has 0 saturated carbocycles. The maximum Gasteiger partial charge on any atom is 0.301 e. The van der Waals surface area contributed by atoms with Crippen LogP contribution in [-0.2, 0) is 9.59 Å². The zero-order valence-corrected chi connectivity index (χ0v) is 15.3. The van der Waals surface area contributed by atoms with Crippen LogP contribution in [-0.4, -0.2) is 26.9 Å². The predicted molar refractivity (Wildman–Crippen MR) is 101 cm³/mol. The lowest BCUT2D eigenvalue weighted by atomic mass is 9.96. The molecule has 1 N–H and O–H groups in total. The smallest absolute Gasteiger partial charge is 0.301 e. The molecule has 7 heteroatoms. The number of pyridine rings is 1. The number of aryl methyl sites for hydroxylation is 2. The van der Waals surface area contributed by atoms with Crippen LogP contribution in [0.1, 0.15) is 28.5 Å². The number of ketones is 1. The van der Waals surface area contributed by atoms with Crippen molar-refractivity contribution < 1.29 is 19.2 Å². The third-order valence-electron chi connectivity index (χ3n) is 4.63. The highest BCUT2D eigenvalue weighted by atomic mass is 16.5. The van der Waals surface area contributed by atoms with E-state index in [1.54, 1.807) is 49.6 Å². The molecule has 1 aliphatic heterocycles. The fourth-order valence-corrected chi connectivity index (χ4v) is 3.26. The zero-order chi connectivity index (χ0) is 19.8. The summed E-state index contributed by atoms with van der Waals surface area (Å²) in [6.45, 7) is 3.61. The highest BCUT2D eigenvalue weighted by Gasteiger charge is 2.48. The summed E-state index contributed by atoms with van der Waals surface area (Å²) in [6.07, 6.45) is 3.15. The van der Waals surface area contributed by atoms with Gasteiger partial charge in [-0.1, -0.05) is 41.1 Å². The third-order valence-corrected chi connectivity index (χ3v) is 4.63. The Labute approximate surface area is 160 Å². The summed E-state index contributed by atoms with van der Waals surface area (Å²) in [7, 11) is 0. The number of aliphatic hydroxyl groups excluding tert-OH is 1. The van der Waals surface area contributed by atoms with Crippen molar-refractivity contribution in [3.05, 3.63) is 82.9 Å². The van der Waals surface area contributed by atoms with Crippen LogP contribution < -0.4 is 4.90 Å². The number of nitrogens with zero attached hydrogens (tertiary/aromatic N) is 3. The molecule has 0 spiro atoms. The molecule has 2 aromatic heterocycles. The molecular formula is C21H17N3O4. The molecule has 140 valence electrons. The Balaban J connectivity index is 1.93. The van der Waals surface area contributed by atoms with Crippen molar-refractivity contribution >= 4 is 23.3 Å². The number of carbonyl (C=O) groups excluding carboxylic acids is 2. The number of hydrogen-bond donors (Lipinski definition) is 1. The maximum absolute atomic E-state index is 12.9. The number of hydrogen-bond acceptors (Lipinski definition) is 6. The first-order valence-corrected chi connectivity index (χ1v) is 8.68. The fourth-order valence-electron chi connectivity index (χ4n) is 3.26. The second-order valence-corrected chi connectivity index (χ2v) is 6.62. The van der Waals surface area contributed by atoms with Gasteiger partial charge in [-0.25, -0.2) is 0 Å². The average Bonchev–Trinajstić information content (AvgIpc) is 3.24. The molecule has 1 unspecified atom stereocenters. The first kappa shape index (κ1) is 17.7. The lowest BCUT2D eigenvalue weighted by Gasteiger charge is -2.22. The van der Waals surface area contributed by atoms with Crippen LogP contribution in [0.4, 0.5) is 5.82 Å². The lowest BCUT2D eigenvalue weighted by molar-refractivity contribution is -0.132. The van der Waals surface area contributed by atoms with E-state index in [-0.39, 0.29) is 17.2 Å². The Hall–Kier alpha value is -3.74. The van der Waals surface area contributed by atoms with Gasteiger partial charge in [-0.15, -0.1) is 0 Å². The largest absolute Gasteiger partial charge is 0.507 e. The van der Waals surface area contributed by atoms with E-state index >= 15 is 0 Å². The number of anilines is 1. The molecule has 1 aliphatic rings. The van der Waals surface area contributed by atoms with Gasteiger partial charge < -0.3 is 9.63 Å². The first-order valence-electron chi connectivity index (χ1n) is 8.68. The van der Waals surface area contributed by atoms with Crippen LogP contribution in [0.3, 0.4) is 0 Å².